The van der Waals surface area contributed by atoms with Gasteiger partial charge >= 0.3 is 5.63 Å². The van der Waals surface area contributed by atoms with E-state index in [0.29, 0.717) is 30.2 Å². The van der Waals surface area contributed by atoms with Gasteiger partial charge in [0.25, 0.3) is 0 Å². The Morgan fingerprint density at radius 1 is 1.33 bits per heavy atom. The summed E-state index contributed by atoms with van der Waals surface area (Å²) >= 11 is 5.61. The zero-order valence-corrected chi connectivity index (χ0v) is 10.6. The summed E-state index contributed by atoms with van der Waals surface area (Å²) in [7, 11) is 0. The number of rotatable bonds is 5. The highest BCUT2D eigenvalue weighted by Gasteiger charge is 2.10. The number of benzene rings is 1. The van der Waals surface area contributed by atoms with Gasteiger partial charge in [-0.1, -0.05) is 6.08 Å². The van der Waals surface area contributed by atoms with Crippen LogP contribution in [0.25, 0.3) is 11.0 Å². The maximum Gasteiger partial charge on any atom is 0.336 e. The van der Waals surface area contributed by atoms with Crippen LogP contribution in [-0.4, -0.2) is 12.5 Å². The first-order valence-electron chi connectivity index (χ1n) is 5.61. The van der Waals surface area contributed by atoms with E-state index < -0.39 is 0 Å². The minimum Gasteiger partial charge on any atom is -0.492 e. The van der Waals surface area contributed by atoms with Gasteiger partial charge in [-0.05, 0) is 24.6 Å². The molecule has 94 valence electrons. The molecule has 4 heteroatoms. The Balaban J connectivity index is 2.60. The van der Waals surface area contributed by atoms with Crippen molar-refractivity contribution in [2.45, 2.75) is 6.42 Å². The highest BCUT2D eigenvalue weighted by Crippen LogP contribution is 2.28. The van der Waals surface area contributed by atoms with Crippen LogP contribution in [0.5, 0.6) is 5.75 Å². The molecule has 18 heavy (non-hydrogen) atoms. The molecule has 2 aromatic rings. The third kappa shape index (κ3) is 2.57. The lowest BCUT2D eigenvalue weighted by molar-refractivity contribution is 0.339. The zero-order chi connectivity index (χ0) is 13.0. The first kappa shape index (κ1) is 12.7. The number of halogens is 1. The van der Waals surface area contributed by atoms with Gasteiger partial charge in [0, 0.05) is 17.0 Å². The highest BCUT2D eigenvalue weighted by atomic mass is 35.5. The third-order valence-corrected chi connectivity index (χ3v) is 2.69. The summed E-state index contributed by atoms with van der Waals surface area (Å²) in [5, 5.41) is 0.865. The number of hydrogen-bond acceptors (Lipinski definition) is 3. The van der Waals surface area contributed by atoms with Crippen LogP contribution in [-0.2, 0) is 6.42 Å². The van der Waals surface area contributed by atoms with Crippen molar-refractivity contribution in [3.63, 3.8) is 0 Å². The van der Waals surface area contributed by atoms with E-state index >= 15 is 0 Å². The van der Waals surface area contributed by atoms with Crippen LogP contribution in [0.1, 0.15) is 5.56 Å². The predicted octanol–water partition coefficient (Wildman–Crippen LogP) is 3.14. The van der Waals surface area contributed by atoms with Gasteiger partial charge < -0.3 is 9.15 Å². The molecule has 0 spiro atoms. The van der Waals surface area contributed by atoms with Crippen LogP contribution in [0.2, 0.25) is 0 Å². The van der Waals surface area contributed by atoms with Crippen molar-refractivity contribution in [1.29, 1.82) is 0 Å². The van der Waals surface area contributed by atoms with Crippen LogP contribution >= 0.6 is 11.6 Å². The zero-order valence-electron chi connectivity index (χ0n) is 9.82. The standard InChI is InChI=1S/C14H13ClO3/c1-2-3-11-12(17-9-8-15)6-4-10-5-7-13(16)18-14(10)11/h2,4-7H,1,3,8-9H2. The van der Waals surface area contributed by atoms with Crippen molar-refractivity contribution < 1.29 is 9.15 Å². The average Bonchev–Trinajstić information content (AvgIpc) is 2.38. The fourth-order valence-corrected chi connectivity index (χ4v) is 1.87. The van der Waals surface area contributed by atoms with Crippen LogP contribution in [0.15, 0.2) is 46.1 Å². The maximum atomic E-state index is 11.3. The number of hydrogen-bond donors (Lipinski definition) is 0. The lowest BCUT2D eigenvalue weighted by atomic mass is 10.1. The molecule has 3 nitrogen and oxygen atoms in total. The van der Waals surface area contributed by atoms with Crippen molar-refractivity contribution in [2.75, 3.05) is 12.5 Å². The van der Waals surface area contributed by atoms with Gasteiger partial charge in [0.1, 0.15) is 17.9 Å². The van der Waals surface area contributed by atoms with E-state index in [0.717, 1.165) is 10.9 Å². The first-order chi connectivity index (χ1) is 8.76. The van der Waals surface area contributed by atoms with Gasteiger partial charge in [0.2, 0.25) is 0 Å². The largest absolute Gasteiger partial charge is 0.492 e. The Morgan fingerprint density at radius 2 is 2.11 bits per heavy atom. The topological polar surface area (TPSA) is 39.4 Å². The molecule has 0 saturated heterocycles. The highest BCUT2D eigenvalue weighted by molar-refractivity contribution is 6.18. The van der Waals surface area contributed by atoms with Gasteiger partial charge in [0.05, 0.1) is 5.88 Å². The van der Waals surface area contributed by atoms with E-state index in [2.05, 4.69) is 6.58 Å². The quantitative estimate of drug-likeness (QED) is 0.473. The van der Waals surface area contributed by atoms with E-state index in [4.69, 9.17) is 20.8 Å². The van der Waals surface area contributed by atoms with Crippen LogP contribution in [0, 0.1) is 0 Å². The van der Waals surface area contributed by atoms with Crippen molar-refractivity contribution in [3.8, 4) is 5.75 Å². The van der Waals surface area contributed by atoms with E-state index in [1.807, 2.05) is 12.1 Å². The summed E-state index contributed by atoms with van der Waals surface area (Å²) in [6, 6.07) is 6.85. The lowest BCUT2D eigenvalue weighted by Gasteiger charge is -2.11. The van der Waals surface area contributed by atoms with Crippen LogP contribution < -0.4 is 10.4 Å². The molecule has 1 heterocycles. The van der Waals surface area contributed by atoms with Crippen LogP contribution in [0.4, 0.5) is 0 Å². The van der Waals surface area contributed by atoms with E-state index in [9.17, 15) is 4.79 Å². The number of fused-ring (bicyclic) bond motifs is 1. The molecule has 1 aromatic carbocycles. The maximum absolute atomic E-state index is 11.3. The molecule has 0 unspecified atom stereocenters. The SMILES string of the molecule is C=CCc1c(OCCCl)ccc2ccc(=O)oc12. The monoisotopic (exact) mass is 264 g/mol. The molecule has 0 amide bonds. The summed E-state index contributed by atoms with van der Waals surface area (Å²) in [5.74, 6) is 1.09. The second-order valence-corrected chi connectivity index (χ2v) is 4.12. The molecule has 2 rings (SSSR count). The molecule has 0 aliphatic carbocycles. The minimum absolute atomic E-state index is 0.373. The molecule has 0 atom stereocenters. The van der Waals surface area contributed by atoms with E-state index in [1.54, 1.807) is 12.1 Å². The molecule has 0 saturated carbocycles. The van der Waals surface area contributed by atoms with Gasteiger partial charge in [-0.2, -0.15) is 0 Å². The molecular weight excluding hydrogens is 252 g/mol. The van der Waals surface area contributed by atoms with Gasteiger partial charge in [-0.3, -0.25) is 0 Å². The molecule has 0 N–H and O–H groups in total. The van der Waals surface area contributed by atoms with Crippen molar-refractivity contribution in [2.24, 2.45) is 0 Å². The fraction of sp³-hybridized carbons (Fsp3) is 0.214. The molecule has 0 fully saturated rings. The Bertz CT molecular complexity index is 616. The van der Waals surface area contributed by atoms with Crippen LogP contribution in [0.3, 0.4) is 0 Å². The van der Waals surface area contributed by atoms with Crippen molar-refractivity contribution in [1.82, 2.24) is 0 Å². The Labute approximate surface area is 110 Å². The Kier molecular flexibility index (Phi) is 4.05. The fourth-order valence-electron chi connectivity index (χ4n) is 1.79. The normalized spacial score (nSPS) is 10.5. The van der Waals surface area contributed by atoms with Crippen molar-refractivity contribution in [3.05, 3.63) is 52.9 Å². The summed E-state index contributed by atoms with van der Waals surface area (Å²) in [6.45, 7) is 4.12. The van der Waals surface area contributed by atoms with E-state index in [-0.39, 0.29) is 5.63 Å². The molecule has 1 aromatic heterocycles. The average molecular weight is 265 g/mol. The summed E-state index contributed by atoms with van der Waals surface area (Å²) < 4.78 is 10.8. The summed E-state index contributed by atoms with van der Waals surface area (Å²) in [5.41, 5.74) is 1.00. The molecule has 0 aliphatic heterocycles. The number of ether oxygens (including phenoxy) is 1. The Hall–Kier alpha value is -1.74. The van der Waals surface area contributed by atoms with Gasteiger partial charge in [-0.15, -0.1) is 18.2 Å². The lowest BCUT2D eigenvalue weighted by Crippen LogP contribution is -2.03. The third-order valence-electron chi connectivity index (χ3n) is 2.53. The molecular formula is C14H13ClO3. The van der Waals surface area contributed by atoms with Crippen molar-refractivity contribution >= 4 is 22.6 Å². The smallest absolute Gasteiger partial charge is 0.336 e. The molecule has 0 aliphatic rings. The Morgan fingerprint density at radius 3 is 2.83 bits per heavy atom. The van der Waals surface area contributed by atoms with E-state index in [1.165, 1.54) is 6.07 Å². The predicted molar refractivity (Wildman–Crippen MR) is 72.6 cm³/mol. The summed E-state index contributed by atoms with van der Waals surface area (Å²) in [6.07, 6.45) is 2.32. The first-order valence-corrected chi connectivity index (χ1v) is 6.15. The second-order valence-electron chi connectivity index (χ2n) is 3.75. The van der Waals surface area contributed by atoms with Gasteiger partial charge in [-0.25, -0.2) is 4.79 Å². The second kappa shape index (κ2) is 5.74. The number of alkyl halides is 1. The van der Waals surface area contributed by atoms with Gasteiger partial charge in [0.15, 0.2) is 0 Å². The molecule has 0 radical (unpaired) electrons. The molecule has 0 bridgehead atoms. The number of allylic oxidation sites excluding steroid dienone is 1. The summed E-state index contributed by atoms with van der Waals surface area (Å²) in [4.78, 5) is 11.3. The minimum atomic E-state index is -0.373.